The zero-order valence-electron chi connectivity index (χ0n) is 11.8. The number of aliphatic hydroxyl groups excluding tert-OH is 1. The Morgan fingerprint density at radius 2 is 1.41 bits per heavy atom. The van der Waals surface area contributed by atoms with Crippen molar-refractivity contribution in [3.05, 3.63) is 26.7 Å². The van der Waals surface area contributed by atoms with Gasteiger partial charge in [-0.3, -0.25) is 13.5 Å². The van der Waals surface area contributed by atoms with E-state index in [-0.39, 0.29) is 52.3 Å². The molecule has 0 aromatic heterocycles. The van der Waals surface area contributed by atoms with Crippen LogP contribution in [0.4, 0.5) is 0 Å². The number of hydrogen-bond acceptors (Lipinski definition) is 5. The normalized spacial score (nSPS) is 4.65. The zero-order chi connectivity index (χ0) is 14.4. The van der Waals surface area contributed by atoms with Gasteiger partial charge in [-0.15, -0.1) is 6.42 Å². The molecule has 0 rings (SSSR count). The summed E-state index contributed by atoms with van der Waals surface area (Å²) in [5.41, 5.74) is 0. The number of allylic oxidation sites excluding steroid dienone is 1. The Morgan fingerprint density at radius 1 is 1.35 bits per heavy atom. The van der Waals surface area contributed by atoms with Crippen LogP contribution in [0.3, 0.4) is 0 Å². The standard InChI is InChI=1S/C4H7O.C2H6.CO2.2CHO.CH3.2Ni/c1-3-4(2)5;1-2;2-1-3;2*1-2;;;/h5H,1-3H2;1-2H3;;2*1H;1H3;;/q-1;;;3*-1;2*+2/i;;;2*1D;;;. The molecule has 0 aromatic rings. The largest absolute Gasteiger partial charge is 2.00 e. The molecule has 0 aliphatic rings. The summed E-state index contributed by atoms with van der Waals surface area (Å²) in [4.78, 5) is 32.9. The van der Waals surface area contributed by atoms with Gasteiger partial charge in [0.1, 0.15) is 0 Å². The summed E-state index contributed by atoms with van der Waals surface area (Å²) in [6, 6.07) is 0. The third-order valence-electron chi connectivity index (χ3n) is 0.289. The second-order valence-electron chi connectivity index (χ2n) is 0.900. The molecule has 0 aromatic carbocycles. The van der Waals surface area contributed by atoms with Gasteiger partial charge in [-0.25, -0.2) is 0 Å². The van der Waals surface area contributed by atoms with Crippen molar-refractivity contribution in [3.63, 3.8) is 0 Å². The Labute approximate surface area is 127 Å². The van der Waals surface area contributed by atoms with Gasteiger partial charge in [-0.1, -0.05) is 20.4 Å². The fourth-order valence-corrected chi connectivity index (χ4v) is 0. The Hall–Kier alpha value is -0.753. The van der Waals surface area contributed by atoms with Gasteiger partial charge in [0.15, 0.2) is 0 Å². The molecule has 17 heavy (non-hydrogen) atoms. The number of hydrogen-bond donors (Lipinski definition) is 1. The van der Waals surface area contributed by atoms with E-state index >= 15 is 0 Å². The predicted octanol–water partition coefficient (Wildman–Crippen LogP) is 1.62. The van der Waals surface area contributed by atoms with Crippen LogP contribution in [-0.4, -0.2) is 24.8 Å². The van der Waals surface area contributed by atoms with Crippen LogP contribution < -0.4 is 0 Å². The van der Waals surface area contributed by atoms with Gasteiger partial charge >= 0.3 is 39.1 Å². The number of carbonyl (C=O) groups excluding carboxylic acids is 4. The smallest absolute Gasteiger partial charge is 0.545 e. The molecule has 5 nitrogen and oxygen atoms in total. The summed E-state index contributed by atoms with van der Waals surface area (Å²) >= 11 is 0. The maximum atomic E-state index is 8.35. The van der Waals surface area contributed by atoms with E-state index < -0.39 is 0 Å². The maximum Gasteiger partial charge on any atom is 2.00 e. The average molecular weight is 338 g/mol. The minimum atomic E-state index is 0. The Kier molecular flexibility index (Phi) is 363. The van der Waals surface area contributed by atoms with Crippen molar-refractivity contribution in [2.45, 2.75) is 20.3 Å². The SMILES string of the molecule is C=C(O)C[CH2-].CC.O=C=O.[2H][C-]=O.[2H][C-]=O.[CH3-].[Ni+2].[Ni+2]. The van der Waals surface area contributed by atoms with E-state index in [0.717, 1.165) is 13.5 Å². The van der Waals surface area contributed by atoms with Crippen LogP contribution in [0.2, 0.25) is 0 Å². The first-order valence-electron chi connectivity index (χ1n) is 4.25. The molecule has 1 N–H and O–H groups in total. The predicted molar refractivity (Wildman–Crippen MR) is 58.0 cm³/mol. The van der Waals surface area contributed by atoms with E-state index in [4.69, 9.17) is 27.0 Å². The van der Waals surface area contributed by atoms with Gasteiger partial charge in [0.05, 0.1) is 5.76 Å². The molecule has 108 valence electrons. The third kappa shape index (κ3) is 1720. The van der Waals surface area contributed by atoms with Crippen LogP contribution in [0.1, 0.15) is 23.0 Å². The topological polar surface area (TPSA) is 88.5 Å². The Balaban J connectivity index is -0.0000000132. The molecule has 0 fully saturated rings. The average Bonchev–Trinajstić information content (AvgIpc) is 2.24. The minimum Gasteiger partial charge on any atom is -0.545 e. The van der Waals surface area contributed by atoms with Gasteiger partial charge < -0.3 is 29.0 Å². The first kappa shape index (κ1) is 36.0. The monoisotopic (exact) mass is 336 g/mol. The van der Waals surface area contributed by atoms with Gasteiger partial charge in [0.25, 0.3) is 0 Å². The van der Waals surface area contributed by atoms with Crippen molar-refractivity contribution in [3.8, 4) is 0 Å². The van der Waals surface area contributed by atoms with Crippen LogP contribution in [0.15, 0.2) is 12.3 Å². The Bertz CT molecular complexity index is 169. The Morgan fingerprint density at radius 3 is 1.41 bits per heavy atom. The molecule has 0 spiro atoms. The summed E-state index contributed by atoms with van der Waals surface area (Å²) in [7, 11) is 0. The molecular weight excluding hydrogens is 317 g/mol. The van der Waals surface area contributed by atoms with Crippen molar-refractivity contribution in [1.29, 1.82) is 0 Å². The second-order valence-corrected chi connectivity index (χ2v) is 0.900. The number of aliphatic hydroxyl groups is 1. The van der Waals surface area contributed by atoms with E-state index in [1.54, 1.807) is 0 Å². The molecule has 0 atom stereocenters. The van der Waals surface area contributed by atoms with Crippen LogP contribution in [0, 0.1) is 14.4 Å². The van der Waals surface area contributed by atoms with E-state index in [9.17, 15) is 0 Å². The summed E-state index contributed by atoms with van der Waals surface area (Å²) in [6.07, 6.45) is 0.667. The summed E-state index contributed by atoms with van der Waals surface area (Å²) in [5, 5.41) is 8.10. The van der Waals surface area contributed by atoms with Crippen LogP contribution >= 0.6 is 0 Å². The molecule has 0 aliphatic heterocycles. The summed E-state index contributed by atoms with van der Waals surface area (Å²) in [6.45, 7) is 12.0. The molecule has 0 heterocycles. The van der Waals surface area contributed by atoms with E-state index in [1.807, 2.05) is 13.8 Å². The molecule has 0 amide bonds. The van der Waals surface area contributed by atoms with Crippen LogP contribution in [0.25, 0.3) is 0 Å². The molecular formula is C10H18Ni2O5. The molecule has 0 radical (unpaired) electrons. The van der Waals surface area contributed by atoms with Crippen molar-refractivity contribution in [2.24, 2.45) is 0 Å². The molecule has 7 heteroatoms. The molecule has 0 unspecified atom stereocenters. The van der Waals surface area contributed by atoms with E-state index in [1.165, 1.54) is 0 Å². The van der Waals surface area contributed by atoms with E-state index in [0.29, 0.717) is 6.42 Å². The zero-order valence-corrected chi connectivity index (χ0v) is 11.8. The summed E-state index contributed by atoms with van der Waals surface area (Å²) < 4.78 is 10.8. The van der Waals surface area contributed by atoms with Gasteiger partial charge in [0.2, 0.25) is 0 Å². The number of rotatable bonds is 1. The van der Waals surface area contributed by atoms with E-state index in [2.05, 4.69) is 13.5 Å². The van der Waals surface area contributed by atoms with Crippen LogP contribution in [0.5, 0.6) is 0 Å². The van der Waals surface area contributed by atoms with Crippen molar-refractivity contribution in [2.75, 3.05) is 0 Å². The first-order valence-corrected chi connectivity index (χ1v) is 3.25. The van der Waals surface area contributed by atoms with Gasteiger partial charge in [0, 0.05) is 0 Å². The summed E-state index contributed by atoms with van der Waals surface area (Å²) in [5.74, 6) is 0.144. The van der Waals surface area contributed by atoms with Gasteiger partial charge in [-0.05, 0) is 0 Å². The minimum absolute atomic E-state index is 0. The third-order valence-corrected chi connectivity index (χ3v) is 0.289. The maximum absolute atomic E-state index is 8.35. The fourth-order valence-electron chi connectivity index (χ4n) is 0. The van der Waals surface area contributed by atoms with Crippen molar-refractivity contribution >= 4 is 19.7 Å². The molecule has 0 bridgehead atoms. The molecule has 0 aliphatic carbocycles. The first-order chi connectivity index (χ1) is 7.51. The second kappa shape index (κ2) is 172. The molecule has 0 saturated carbocycles. The van der Waals surface area contributed by atoms with Crippen molar-refractivity contribution < 1.29 is 60.0 Å². The quantitative estimate of drug-likeness (QED) is 0.340. The van der Waals surface area contributed by atoms with Gasteiger partial charge in [-0.2, -0.15) is 12.3 Å². The molecule has 0 saturated heterocycles. The van der Waals surface area contributed by atoms with Crippen molar-refractivity contribution in [1.82, 2.24) is 0 Å². The fraction of sp³-hybridized carbons (Fsp3) is 0.300. The van der Waals surface area contributed by atoms with Crippen LogP contribution in [-0.2, 0) is 52.2 Å².